The van der Waals surface area contributed by atoms with E-state index in [0.717, 1.165) is 24.7 Å². The van der Waals surface area contributed by atoms with E-state index < -0.39 is 0 Å². The van der Waals surface area contributed by atoms with Crippen molar-refractivity contribution in [2.75, 3.05) is 6.61 Å². The number of hydrogen-bond acceptors (Lipinski definition) is 2. The quantitative estimate of drug-likeness (QED) is 0.0370. The van der Waals surface area contributed by atoms with E-state index in [0.29, 0.717) is 12.5 Å². The van der Waals surface area contributed by atoms with E-state index in [1.54, 1.807) is 0 Å². The van der Waals surface area contributed by atoms with Gasteiger partial charge in [-0.2, -0.15) is 0 Å². The van der Waals surface area contributed by atoms with E-state index >= 15 is 0 Å². The van der Waals surface area contributed by atoms with Gasteiger partial charge in [0.15, 0.2) is 0 Å². The molecule has 0 aliphatic rings. The van der Waals surface area contributed by atoms with Crippen LogP contribution >= 0.6 is 0 Å². The molecule has 0 saturated carbocycles. The fraction of sp³-hybridized carbons (Fsp3) is 0.935. The second-order valence-corrected chi connectivity index (χ2v) is 16.4. The van der Waals surface area contributed by atoms with Gasteiger partial charge in [-0.1, -0.05) is 208 Å². The molecule has 0 bridgehead atoms. The van der Waals surface area contributed by atoms with E-state index in [2.05, 4.69) is 53.7 Å². The maximum absolute atomic E-state index is 12.6. The zero-order valence-electron chi connectivity index (χ0n) is 34.1. The first-order valence-corrected chi connectivity index (χ1v) is 22.2. The Balaban J connectivity index is 3.62. The molecule has 0 radical (unpaired) electrons. The van der Waals surface area contributed by atoms with Crippen LogP contribution in [0, 0.1) is 23.7 Å². The predicted molar refractivity (Wildman–Crippen MR) is 216 cm³/mol. The van der Waals surface area contributed by atoms with Gasteiger partial charge in [-0.25, -0.2) is 0 Å². The monoisotopic (exact) mass is 675 g/mol. The summed E-state index contributed by atoms with van der Waals surface area (Å²) in [6.07, 6.45) is 48.1. The maximum Gasteiger partial charge on any atom is 0.308 e. The number of allylic oxidation sites excluding steroid dienone is 2. The second kappa shape index (κ2) is 37.5. The van der Waals surface area contributed by atoms with Crippen molar-refractivity contribution in [2.24, 2.45) is 23.7 Å². The van der Waals surface area contributed by atoms with Gasteiger partial charge in [0.25, 0.3) is 0 Å². The predicted octanol–water partition coefficient (Wildman–Crippen LogP) is 16.2. The first-order chi connectivity index (χ1) is 23.4. The van der Waals surface area contributed by atoms with Crippen LogP contribution in [0.5, 0.6) is 0 Å². The number of rotatable bonds is 38. The van der Waals surface area contributed by atoms with Crippen LogP contribution in [-0.2, 0) is 9.53 Å². The molecule has 0 N–H and O–H groups in total. The normalized spacial score (nSPS) is 14.4. The Bertz CT molecular complexity index is 669. The first kappa shape index (κ1) is 47.2. The third-order valence-electron chi connectivity index (χ3n) is 10.7. The highest BCUT2D eigenvalue weighted by Crippen LogP contribution is 2.27. The summed E-state index contributed by atoms with van der Waals surface area (Å²) in [4.78, 5) is 12.6. The summed E-state index contributed by atoms with van der Waals surface area (Å²) in [5.74, 6) is 2.20. The third kappa shape index (κ3) is 35.1. The Labute approximate surface area is 304 Å². The molecule has 0 spiro atoms. The molecule has 4 atom stereocenters. The molecule has 0 aliphatic heterocycles. The molecule has 48 heavy (non-hydrogen) atoms. The Morgan fingerprint density at radius 2 is 0.792 bits per heavy atom. The van der Waals surface area contributed by atoms with Crippen LogP contribution in [0.4, 0.5) is 0 Å². The lowest BCUT2D eigenvalue weighted by Gasteiger charge is -2.22. The Kier molecular flexibility index (Phi) is 36.8. The SMILES string of the molecule is CCCCCCC=CCCCCCCCCCCC(C)CC(C)CC(C)CC(C)C(=O)OCCCCCCCCCCCCCCCC. The van der Waals surface area contributed by atoms with Crippen molar-refractivity contribution in [3.8, 4) is 0 Å². The smallest absolute Gasteiger partial charge is 0.308 e. The van der Waals surface area contributed by atoms with Crippen molar-refractivity contribution >= 4 is 5.97 Å². The van der Waals surface area contributed by atoms with Crippen LogP contribution in [0.2, 0.25) is 0 Å². The number of carbonyl (C=O) groups excluding carboxylic acids is 1. The van der Waals surface area contributed by atoms with Crippen molar-refractivity contribution in [3.05, 3.63) is 12.2 Å². The van der Waals surface area contributed by atoms with Gasteiger partial charge in [-0.15, -0.1) is 0 Å². The lowest BCUT2D eigenvalue weighted by Crippen LogP contribution is -2.19. The minimum Gasteiger partial charge on any atom is -0.465 e. The van der Waals surface area contributed by atoms with Gasteiger partial charge in [-0.05, 0) is 69.1 Å². The Morgan fingerprint density at radius 3 is 1.27 bits per heavy atom. The molecular formula is C46H90O2. The molecule has 0 amide bonds. The molecule has 0 fully saturated rings. The van der Waals surface area contributed by atoms with Crippen LogP contribution in [0.15, 0.2) is 12.2 Å². The summed E-state index contributed by atoms with van der Waals surface area (Å²) in [5, 5.41) is 0. The fourth-order valence-corrected chi connectivity index (χ4v) is 7.74. The molecule has 2 nitrogen and oxygen atoms in total. The summed E-state index contributed by atoms with van der Waals surface area (Å²) < 4.78 is 5.66. The van der Waals surface area contributed by atoms with Gasteiger partial charge in [0.1, 0.15) is 0 Å². The van der Waals surface area contributed by atoms with Crippen LogP contribution in [0.3, 0.4) is 0 Å². The number of carbonyl (C=O) groups is 1. The molecule has 0 rings (SSSR count). The lowest BCUT2D eigenvalue weighted by molar-refractivity contribution is -0.148. The maximum atomic E-state index is 12.6. The molecule has 0 aromatic rings. The fourth-order valence-electron chi connectivity index (χ4n) is 7.74. The third-order valence-corrected chi connectivity index (χ3v) is 10.7. The largest absolute Gasteiger partial charge is 0.465 e. The molecule has 0 aliphatic carbocycles. The molecule has 0 aromatic heterocycles. The van der Waals surface area contributed by atoms with Crippen molar-refractivity contribution in [2.45, 2.75) is 247 Å². The van der Waals surface area contributed by atoms with Gasteiger partial charge in [-0.3, -0.25) is 4.79 Å². The van der Waals surface area contributed by atoms with E-state index in [1.807, 2.05) is 0 Å². The lowest BCUT2D eigenvalue weighted by atomic mass is 9.84. The average molecular weight is 675 g/mol. The molecule has 0 aromatic carbocycles. The molecule has 4 unspecified atom stereocenters. The molecule has 0 saturated heterocycles. The van der Waals surface area contributed by atoms with Gasteiger partial charge >= 0.3 is 5.97 Å². The van der Waals surface area contributed by atoms with Gasteiger partial charge < -0.3 is 4.74 Å². The van der Waals surface area contributed by atoms with E-state index in [-0.39, 0.29) is 11.9 Å². The van der Waals surface area contributed by atoms with E-state index in [9.17, 15) is 4.79 Å². The standard InChI is InChI=1S/C46H90O2/c1-7-9-11-13-15-17-19-21-23-24-25-27-29-31-33-35-37-42(3)39-43(4)40-44(5)41-45(6)46(47)48-38-36-34-32-30-28-26-22-20-18-16-14-12-10-8-2/h17,19,42-45H,7-16,18,20-41H2,1-6H3. The second-order valence-electron chi connectivity index (χ2n) is 16.4. The number of ether oxygens (including phenoxy) is 1. The number of esters is 1. The van der Waals surface area contributed by atoms with E-state index in [4.69, 9.17) is 4.74 Å². The highest BCUT2D eigenvalue weighted by molar-refractivity contribution is 5.71. The van der Waals surface area contributed by atoms with Crippen LogP contribution in [0.25, 0.3) is 0 Å². The van der Waals surface area contributed by atoms with Crippen molar-refractivity contribution in [1.82, 2.24) is 0 Å². The van der Waals surface area contributed by atoms with Crippen LogP contribution in [0.1, 0.15) is 247 Å². The summed E-state index contributed by atoms with van der Waals surface area (Å²) in [6.45, 7) is 14.5. The summed E-state index contributed by atoms with van der Waals surface area (Å²) in [7, 11) is 0. The zero-order chi connectivity index (χ0) is 35.3. The zero-order valence-corrected chi connectivity index (χ0v) is 34.1. The van der Waals surface area contributed by atoms with Gasteiger partial charge in [0, 0.05) is 0 Å². The molecular weight excluding hydrogens is 585 g/mol. The Morgan fingerprint density at radius 1 is 0.438 bits per heavy atom. The van der Waals surface area contributed by atoms with Crippen molar-refractivity contribution in [3.63, 3.8) is 0 Å². The number of hydrogen-bond donors (Lipinski definition) is 0. The first-order valence-electron chi connectivity index (χ1n) is 22.2. The molecule has 2 heteroatoms. The average Bonchev–Trinajstić information content (AvgIpc) is 3.05. The van der Waals surface area contributed by atoms with Crippen LogP contribution in [-0.4, -0.2) is 12.6 Å². The molecule has 0 heterocycles. The topological polar surface area (TPSA) is 26.3 Å². The highest BCUT2D eigenvalue weighted by Gasteiger charge is 2.20. The van der Waals surface area contributed by atoms with Gasteiger partial charge in [0.2, 0.25) is 0 Å². The van der Waals surface area contributed by atoms with Crippen molar-refractivity contribution < 1.29 is 9.53 Å². The number of unbranched alkanes of at least 4 members (excludes halogenated alkanes) is 25. The summed E-state index contributed by atoms with van der Waals surface area (Å²) >= 11 is 0. The minimum absolute atomic E-state index is 0.0261. The van der Waals surface area contributed by atoms with Crippen molar-refractivity contribution in [1.29, 1.82) is 0 Å². The highest BCUT2D eigenvalue weighted by atomic mass is 16.5. The molecule has 286 valence electrons. The van der Waals surface area contributed by atoms with Gasteiger partial charge in [0.05, 0.1) is 12.5 Å². The Hall–Kier alpha value is -0.790. The minimum atomic E-state index is 0.0261. The van der Waals surface area contributed by atoms with Crippen LogP contribution < -0.4 is 0 Å². The summed E-state index contributed by atoms with van der Waals surface area (Å²) in [6, 6.07) is 0. The summed E-state index contributed by atoms with van der Waals surface area (Å²) in [5.41, 5.74) is 0. The van der Waals surface area contributed by atoms with E-state index in [1.165, 1.54) is 193 Å².